The largest absolute Gasteiger partial charge is 0.393 e. The topological polar surface area (TPSA) is 56.0 Å². The Labute approximate surface area is 95.7 Å². The maximum absolute atomic E-state index is 9.40. The molecule has 0 unspecified atom stereocenters. The average molecular weight is 215 g/mol. The van der Waals surface area contributed by atoms with E-state index in [0.717, 1.165) is 31.4 Å². The molecule has 0 spiro atoms. The zero-order valence-electron chi connectivity index (χ0n) is 9.11. The van der Waals surface area contributed by atoms with Crippen molar-refractivity contribution in [3.63, 3.8) is 0 Å². The van der Waals surface area contributed by atoms with E-state index in [4.69, 9.17) is 5.26 Å². The minimum atomic E-state index is -0.132. The maximum atomic E-state index is 9.40. The fraction of sp³-hybridized carbons (Fsp3) is 0.462. The van der Waals surface area contributed by atoms with Gasteiger partial charge in [-0.2, -0.15) is 5.26 Å². The molecular weight excluding hydrogens is 200 g/mol. The summed E-state index contributed by atoms with van der Waals surface area (Å²) in [6, 6.07) is 10.9. The molecule has 1 saturated carbocycles. The molecule has 3 heteroatoms. The van der Waals surface area contributed by atoms with E-state index in [9.17, 15) is 5.11 Å². The molecule has 1 aliphatic carbocycles. The molecule has 16 heavy (non-hydrogen) atoms. The molecule has 2 rings (SSSR count). The van der Waals surface area contributed by atoms with E-state index in [0.29, 0.717) is 11.6 Å². The highest BCUT2D eigenvalue weighted by Crippen LogP contribution is 2.22. The normalized spacial score (nSPS) is 24.8. The zero-order valence-corrected chi connectivity index (χ0v) is 9.11. The molecule has 1 aromatic rings. The average Bonchev–Trinajstić information content (AvgIpc) is 2.32. The predicted octanol–water partition coefficient (Wildman–Crippen LogP) is 2.07. The van der Waals surface area contributed by atoms with Crippen molar-refractivity contribution in [3.8, 4) is 6.07 Å². The molecule has 1 aliphatic rings. The van der Waals surface area contributed by atoms with Gasteiger partial charge in [0.15, 0.2) is 0 Å². The molecule has 2 N–H and O–H groups in total. The fourth-order valence-corrected chi connectivity index (χ4v) is 2.06. The molecule has 0 amide bonds. The first kappa shape index (κ1) is 11.0. The Morgan fingerprint density at radius 3 is 2.81 bits per heavy atom. The highest BCUT2D eigenvalue weighted by atomic mass is 16.3. The number of hydrogen-bond acceptors (Lipinski definition) is 3. The number of aliphatic hydroxyl groups is 1. The highest BCUT2D eigenvalue weighted by Gasteiger charge is 2.18. The van der Waals surface area contributed by atoms with Gasteiger partial charge in [-0.15, -0.1) is 0 Å². The van der Waals surface area contributed by atoms with E-state index in [1.807, 2.05) is 6.07 Å². The van der Waals surface area contributed by atoms with Crippen LogP contribution in [0.2, 0.25) is 0 Å². The van der Waals surface area contributed by atoms with Crippen molar-refractivity contribution >= 4 is 5.69 Å². The molecule has 0 saturated heterocycles. The van der Waals surface area contributed by atoms with Gasteiger partial charge in [-0.25, -0.2) is 0 Å². The number of hydrogen-bond donors (Lipinski definition) is 2. The minimum absolute atomic E-state index is 0.132. The van der Waals surface area contributed by atoms with Crippen LogP contribution < -0.4 is 5.32 Å². The summed E-state index contributed by atoms with van der Waals surface area (Å²) in [6.45, 7) is 0. The summed E-state index contributed by atoms with van der Waals surface area (Å²) in [4.78, 5) is 0. The highest BCUT2D eigenvalue weighted by molar-refractivity contribution is 5.48. The van der Waals surface area contributed by atoms with Crippen molar-refractivity contribution in [2.45, 2.75) is 37.8 Å². The Morgan fingerprint density at radius 1 is 1.38 bits per heavy atom. The second kappa shape index (κ2) is 5.00. The molecule has 0 bridgehead atoms. The van der Waals surface area contributed by atoms with Crippen LogP contribution in [0.4, 0.5) is 5.69 Å². The first-order valence-corrected chi connectivity index (χ1v) is 5.64. The number of nitriles is 1. The van der Waals surface area contributed by atoms with Crippen molar-refractivity contribution in [2.75, 3.05) is 5.32 Å². The van der Waals surface area contributed by atoms with Crippen LogP contribution in [0, 0.1) is 17.4 Å². The van der Waals surface area contributed by atoms with Crippen LogP contribution in [0.25, 0.3) is 0 Å². The third-order valence-electron chi connectivity index (χ3n) is 2.99. The molecular formula is C13H15N2O. The van der Waals surface area contributed by atoms with Crippen molar-refractivity contribution < 1.29 is 5.11 Å². The van der Waals surface area contributed by atoms with E-state index >= 15 is 0 Å². The second-order valence-corrected chi connectivity index (χ2v) is 4.25. The van der Waals surface area contributed by atoms with Crippen molar-refractivity contribution in [1.29, 1.82) is 5.26 Å². The molecule has 0 aliphatic heterocycles. The van der Waals surface area contributed by atoms with Gasteiger partial charge >= 0.3 is 0 Å². The van der Waals surface area contributed by atoms with Gasteiger partial charge in [0, 0.05) is 17.8 Å². The number of aliphatic hydroxyl groups excluding tert-OH is 1. The zero-order chi connectivity index (χ0) is 11.4. The van der Waals surface area contributed by atoms with Crippen molar-refractivity contribution in [1.82, 2.24) is 0 Å². The molecule has 1 aromatic carbocycles. The Morgan fingerprint density at radius 2 is 2.12 bits per heavy atom. The van der Waals surface area contributed by atoms with Gasteiger partial charge in [0.1, 0.15) is 0 Å². The first-order valence-electron chi connectivity index (χ1n) is 5.64. The van der Waals surface area contributed by atoms with Crippen LogP contribution in [-0.4, -0.2) is 17.3 Å². The monoisotopic (exact) mass is 215 g/mol. The van der Waals surface area contributed by atoms with Gasteiger partial charge in [0.2, 0.25) is 0 Å². The van der Waals surface area contributed by atoms with E-state index in [-0.39, 0.29) is 6.10 Å². The van der Waals surface area contributed by atoms with Crippen molar-refractivity contribution in [2.24, 2.45) is 0 Å². The van der Waals surface area contributed by atoms with E-state index in [1.165, 1.54) is 0 Å². The summed E-state index contributed by atoms with van der Waals surface area (Å²) in [5.74, 6) is 0. The smallest absolute Gasteiger partial charge is 0.0992 e. The summed E-state index contributed by atoms with van der Waals surface area (Å²) in [5, 5.41) is 21.5. The van der Waals surface area contributed by atoms with Crippen LogP contribution in [0.5, 0.6) is 0 Å². The van der Waals surface area contributed by atoms with Gasteiger partial charge in [-0.05, 0) is 37.8 Å². The minimum Gasteiger partial charge on any atom is -0.393 e. The Kier molecular flexibility index (Phi) is 3.43. The number of nitrogens with zero attached hydrogens (tertiary/aromatic N) is 1. The van der Waals surface area contributed by atoms with E-state index in [1.54, 1.807) is 12.1 Å². The molecule has 3 nitrogen and oxygen atoms in total. The molecule has 0 atom stereocenters. The standard InChI is InChI=1S/C13H15N2O/c14-9-10-2-1-3-12(8-10)15-11-4-6-13(16)7-5-11/h1-2,8,11,13,15-16H,4-7H2. The van der Waals surface area contributed by atoms with Gasteiger partial charge in [-0.1, -0.05) is 6.07 Å². The number of anilines is 1. The van der Waals surface area contributed by atoms with E-state index in [2.05, 4.69) is 17.5 Å². The van der Waals surface area contributed by atoms with Crippen molar-refractivity contribution in [3.05, 3.63) is 29.8 Å². The Hall–Kier alpha value is -1.53. The third-order valence-corrected chi connectivity index (χ3v) is 2.99. The van der Waals surface area contributed by atoms with Gasteiger partial charge < -0.3 is 10.4 Å². The number of rotatable bonds is 2. The van der Waals surface area contributed by atoms with E-state index < -0.39 is 0 Å². The Balaban J connectivity index is 1.96. The van der Waals surface area contributed by atoms with Gasteiger partial charge in [0.05, 0.1) is 17.7 Å². The van der Waals surface area contributed by atoms with Crippen LogP contribution in [0.1, 0.15) is 31.2 Å². The van der Waals surface area contributed by atoms with Gasteiger partial charge in [0.25, 0.3) is 0 Å². The lowest BCUT2D eigenvalue weighted by Gasteiger charge is -2.26. The summed E-state index contributed by atoms with van der Waals surface area (Å²) >= 11 is 0. The summed E-state index contributed by atoms with van der Waals surface area (Å²) in [7, 11) is 0. The lowest BCUT2D eigenvalue weighted by Crippen LogP contribution is -2.28. The number of nitrogens with one attached hydrogen (secondary N) is 1. The van der Waals surface area contributed by atoms with Crippen LogP contribution >= 0.6 is 0 Å². The molecule has 0 heterocycles. The predicted molar refractivity (Wildman–Crippen MR) is 61.9 cm³/mol. The Bertz CT molecular complexity index is 389. The molecule has 1 radical (unpaired) electrons. The quantitative estimate of drug-likeness (QED) is 0.794. The van der Waals surface area contributed by atoms with Crippen LogP contribution in [0.15, 0.2) is 18.2 Å². The first-order chi connectivity index (χ1) is 7.78. The number of benzene rings is 1. The van der Waals surface area contributed by atoms with Crippen LogP contribution in [0.3, 0.4) is 0 Å². The lowest BCUT2D eigenvalue weighted by atomic mass is 9.93. The molecule has 0 aromatic heterocycles. The SMILES string of the molecule is N#Cc1cc[c]c(NC2CCC(O)CC2)c1. The molecule has 1 fully saturated rings. The second-order valence-electron chi connectivity index (χ2n) is 4.25. The summed E-state index contributed by atoms with van der Waals surface area (Å²) < 4.78 is 0. The molecule has 83 valence electrons. The van der Waals surface area contributed by atoms with Crippen LogP contribution in [-0.2, 0) is 0 Å². The maximum Gasteiger partial charge on any atom is 0.0992 e. The third kappa shape index (κ3) is 2.74. The lowest BCUT2D eigenvalue weighted by molar-refractivity contribution is 0.126. The summed E-state index contributed by atoms with van der Waals surface area (Å²) in [6.07, 6.45) is 3.54. The summed E-state index contributed by atoms with van der Waals surface area (Å²) in [5.41, 5.74) is 1.53. The fourth-order valence-electron chi connectivity index (χ4n) is 2.06. The van der Waals surface area contributed by atoms with Gasteiger partial charge in [-0.3, -0.25) is 0 Å².